The van der Waals surface area contributed by atoms with Crippen molar-refractivity contribution < 1.29 is 14.6 Å². The standard InChI is InChI=1S/C19H21NO3/c1-14-2-7-17(18(12-14)19(21)22)16-5-3-15(4-6-16)13-20-8-10-23-11-9-20/h2-7,12H,8-11,13H2,1H3,(H,21,22). The number of carboxylic acids is 1. The number of hydrogen-bond donors (Lipinski definition) is 1. The molecule has 1 fully saturated rings. The minimum absolute atomic E-state index is 0.353. The molecule has 0 atom stereocenters. The predicted octanol–water partition coefficient (Wildman–Crippen LogP) is 3.19. The molecular formula is C19H21NO3. The van der Waals surface area contributed by atoms with Crippen LogP contribution in [0.2, 0.25) is 0 Å². The molecule has 0 aliphatic carbocycles. The van der Waals surface area contributed by atoms with Crippen LogP contribution in [-0.4, -0.2) is 42.3 Å². The first-order valence-corrected chi connectivity index (χ1v) is 7.87. The minimum atomic E-state index is -0.888. The van der Waals surface area contributed by atoms with E-state index in [2.05, 4.69) is 17.0 Å². The average Bonchev–Trinajstić information content (AvgIpc) is 2.56. The van der Waals surface area contributed by atoms with Gasteiger partial charge in [0, 0.05) is 19.6 Å². The van der Waals surface area contributed by atoms with Crippen molar-refractivity contribution in [3.05, 3.63) is 59.2 Å². The van der Waals surface area contributed by atoms with Crippen molar-refractivity contribution in [2.45, 2.75) is 13.5 Å². The van der Waals surface area contributed by atoms with Gasteiger partial charge in [-0.2, -0.15) is 0 Å². The first kappa shape index (κ1) is 15.7. The number of aryl methyl sites for hydroxylation is 1. The summed E-state index contributed by atoms with van der Waals surface area (Å²) in [5.41, 5.74) is 4.25. The van der Waals surface area contributed by atoms with Crippen LogP contribution >= 0.6 is 0 Å². The third-order valence-corrected chi connectivity index (χ3v) is 4.18. The molecule has 4 nitrogen and oxygen atoms in total. The highest BCUT2D eigenvalue weighted by Gasteiger charge is 2.13. The molecule has 0 spiro atoms. The number of benzene rings is 2. The SMILES string of the molecule is Cc1ccc(-c2ccc(CN3CCOCC3)cc2)c(C(=O)O)c1. The monoisotopic (exact) mass is 311 g/mol. The first-order chi connectivity index (χ1) is 11.1. The summed E-state index contributed by atoms with van der Waals surface area (Å²) in [4.78, 5) is 13.8. The van der Waals surface area contributed by atoms with E-state index in [1.165, 1.54) is 5.56 Å². The molecular weight excluding hydrogens is 290 g/mol. The van der Waals surface area contributed by atoms with E-state index in [-0.39, 0.29) is 0 Å². The summed E-state index contributed by atoms with van der Waals surface area (Å²) in [5.74, 6) is -0.888. The van der Waals surface area contributed by atoms with Crippen LogP contribution in [0, 0.1) is 6.92 Å². The van der Waals surface area contributed by atoms with Crippen molar-refractivity contribution in [3.63, 3.8) is 0 Å². The van der Waals surface area contributed by atoms with Gasteiger partial charge in [0.25, 0.3) is 0 Å². The van der Waals surface area contributed by atoms with E-state index in [1.54, 1.807) is 6.07 Å². The Morgan fingerprint density at radius 3 is 2.48 bits per heavy atom. The lowest BCUT2D eigenvalue weighted by Gasteiger charge is -2.26. The predicted molar refractivity (Wildman–Crippen MR) is 89.7 cm³/mol. The molecule has 1 N–H and O–H groups in total. The summed E-state index contributed by atoms with van der Waals surface area (Å²) in [5, 5.41) is 9.40. The van der Waals surface area contributed by atoms with Crippen molar-refractivity contribution in [1.29, 1.82) is 0 Å². The molecule has 0 aromatic heterocycles. The summed E-state index contributed by atoms with van der Waals surface area (Å²) in [6, 6.07) is 13.7. The van der Waals surface area contributed by atoms with E-state index in [4.69, 9.17) is 4.74 Å². The fourth-order valence-corrected chi connectivity index (χ4v) is 2.89. The maximum Gasteiger partial charge on any atom is 0.336 e. The van der Waals surface area contributed by atoms with Gasteiger partial charge in [0.2, 0.25) is 0 Å². The van der Waals surface area contributed by atoms with Crippen LogP contribution < -0.4 is 0 Å². The Balaban J connectivity index is 1.80. The number of aromatic carboxylic acids is 1. The van der Waals surface area contributed by atoms with Crippen LogP contribution in [0.5, 0.6) is 0 Å². The van der Waals surface area contributed by atoms with Crippen LogP contribution in [0.1, 0.15) is 21.5 Å². The van der Waals surface area contributed by atoms with Gasteiger partial charge >= 0.3 is 5.97 Å². The Kier molecular flexibility index (Phi) is 4.74. The molecule has 2 aromatic carbocycles. The van der Waals surface area contributed by atoms with Crippen LogP contribution in [0.3, 0.4) is 0 Å². The molecule has 0 radical (unpaired) electrons. The Morgan fingerprint density at radius 2 is 1.83 bits per heavy atom. The van der Waals surface area contributed by atoms with Gasteiger partial charge in [-0.25, -0.2) is 4.79 Å². The lowest BCUT2D eigenvalue weighted by Crippen LogP contribution is -2.35. The quantitative estimate of drug-likeness (QED) is 0.942. The molecule has 2 aromatic rings. The molecule has 1 saturated heterocycles. The Labute approximate surface area is 136 Å². The minimum Gasteiger partial charge on any atom is -0.478 e. The molecule has 3 rings (SSSR count). The Hall–Kier alpha value is -2.17. The molecule has 0 bridgehead atoms. The first-order valence-electron chi connectivity index (χ1n) is 7.87. The largest absolute Gasteiger partial charge is 0.478 e. The molecule has 0 unspecified atom stereocenters. The topological polar surface area (TPSA) is 49.8 Å². The Bertz CT molecular complexity index is 688. The number of morpholine rings is 1. The lowest BCUT2D eigenvalue weighted by molar-refractivity contribution is 0.0342. The summed E-state index contributed by atoms with van der Waals surface area (Å²) < 4.78 is 5.36. The number of carboxylic acid groups (broad SMARTS) is 1. The van der Waals surface area contributed by atoms with E-state index in [0.29, 0.717) is 5.56 Å². The summed E-state index contributed by atoms with van der Waals surface area (Å²) in [7, 11) is 0. The highest BCUT2D eigenvalue weighted by atomic mass is 16.5. The summed E-state index contributed by atoms with van der Waals surface area (Å²) >= 11 is 0. The molecule has 23 heavy (non-hydrogen) atoms. The number of hydrogen-bond acceptors (Lipinski definition) is 3. The van der Waals surface area contributed by atoms with Crippen molar-refractivity contribution in [2.24, 2.45) is 0 Å². The fourth-order valence-electron chi connectivity index (χ4n) is 2.89. The summed E-state index contributed by atoms with van der Waals surface area (Å²) in [6.45, 7) is 6.32. The second kappa shape index (κ2) is 6.94. The third-order valence-electron chi connectivity index (χ3n) is 4.18. The molecule has 120 valence electrons. The Morgan fingerprint density at radius 1 is 1.13 bits per heavy atom. The van der Waals surface area contributed by atoms with Gasteiger partial charge in [-0.1, -0.05) is 42.0 Å². The van der Waals surface area contributed by atoms with Crippen LogP contribution in [-0.2, 0) is 11.3 Å². The van der Waals surface area contributed by atoms with Gasteiger partial charge < -0.3 is 9.84 Å². The van der Waals surface area contributed by atoms with E-state index in [1.807, 2.05) is 31.2 Å². The van der Waals surface area contributed by atoms with Gasteiger partial charge in [-0.05, 0) is 29.7 Å². The highest BCUT2D eigenvalue weighted by Crippen LogP contribution is 2.25. The van der Waals surface area contributed by atoms with Crippen molar-refractivity contribution in [1.82, 2.24) is 4.90 Å². The molecule has 4 heteroatoms. The molecule has 0 saturated carbocycles. The maximum absolute atomic E-state index is 11.5. The van der Waals surface area contributed by atoms with Crippen LogP contribution in [0.4, 0.5) is 0 Å². The molecule has 1 heterocycles. The van der Waals surface area contributed by atoms with E-state index >= 15 is 0 Å². The van der Waals surface area contributed by atoms with Crippen LogP contribution in [0.15, 0.2) is 42.5 Å². The average molecular weight is 311 g/mol. The zero-order valence-corrected chi connectivity index (χ0v) is 13.3. The number of ether oxygens (including phenoxy) is 1. The third kappa shape index (κ3) is 3.78. The molecule has 1 aliphatic rings. The van der Waals surface area contributed by atoms with Crippen molar-refractivity contribution >= 4 is 5.97 Å². The maximum atomic E-state index is 11.5. The van der Waals surface area contributed by atoms with Crippen molar-refractivity contribution in [2.75, 3.05) is 26.3 Å². The number of rotatable bonds is 4. The molecule has 1 aliphatic heterocycles. The zero-order chi connectivity index (χ0) is 16.2. The second-order valence-electron chi connectivity index (χ2n) is 5.94. The summed E-state index contributed by atoms with van der Waals surface area (Å²) in [6.07, 6.45) is 0. The normalized spacial score (nSPS) is 15.5. The van der Waals surface area contributed by atoms with E-state index < -0.39 is 5.97 Å². The van der Waals surface area contributed by atoms with Gasteiger partial charge in [-0.3, -0.25) is 4.90 Å². The lowest BCUT2D eigenvalue weighted by atomic mass is 9.97. The number of nitrogens with zero attached hydrogens (tertiary/aromatic N) is 1. The van der Waals surface area contributed by atoms with Gasteiger partial charge in [0.05, 0.1) is 18.8 Å². The van der Waals surface area contributed by atoms with E-state index in [0.717, 1.165) is 49.5 Å². The van der Waals surface area contributed by atoms with Gasteiger partial charge in [0.15, 0.2) is 0 Å². The van der Waals surface area contributed by atoms with Crippen molar-refractivity contribution in [3.8, 4) is 11.1 Å². The van der Waals surface area contributed by atoms with Crippen LogP contribution in [0.25, 0.3) is 11.1 Å². The number of carbonyl (C=O) groups is 1. The fraction of sp³-hybridized carbons (Fsp3) is 0.316. The van der Waals surface area contributed by atoms with Gasteiger partial charge in [-0.15, -0.1) is 0 Å². The highest BCUT2D eigenvalue weighted by molar-refractivity contribution is 5.96. The second-order valence-corrected chi connectivity index (χ2v) is 5.94. The van der Waals surface area contributed by atoms with E-state index in [9.17, 15) is 9.90 Å². The zero-order valence-electron chi connectivity index (χ0n) is 13.3. The van der Waals surface area contributed by atoms with Gasteiger partial charge in [0.1, 0.15) is 0 Å². The smallest absolute Gasteiger partial charge is 0.336 e. The molecule has 0 amide bonds.